The van der Waals surface area contributed by atoms with Gasteiger partial charge < -0.3 is 13.9 Å². The van der Waals surface area contributed by atoms with Gasteiger partial charge in [-0.3, -0.25) is 4.79 Å². The Labute approximate surface area is 177 Å². The molecule has 0 spiro atoms. The summed E-state index contributed by atoms with van der Waals surface area (Å²) in [6.07, 6.45) is 5.14. The first-order chi connectivity index (χ1) is 15.3. The van der Waals surface area contributed by atoms with Crippen molar-refractivity contribution in [1.29, 1.82) is 0 Å². The van der Waals surface area contributed by atoms with Gasteiger partial charge in [0.25, 0.3) is 0 Å². The quantitative estimate of drug-likeness (QED) is 0.501. The standard InChI is InChI=1S/C23H18N4O4/c28-15-8-4-9-17-19(15)20(16-10-5-11-29-16)21-22-25-18(12-30-14-6-2-1-3-7-14)26-27(22)13-24-23(21)31-17/h1-3,5-7,10-11,13,20H,4,8-9,12H2/t20-/m1/s1. The van der Waals surface area contributed by atoms with Crippen molar-refractivity contribution in [3.05, 3.63) is 83.5 Å². The molecule has 0 radical (unpaired) electrons. The summed E-state index contributed by atoms with van der Waals surface area (Å²) in [6.45, 7) is 0.208. The Bertz CT molecular complexity index is 1310. The molecule has 31 heavy (non-hydrogen) atoms. The number of furan rings is 1. The van der Waals surface area contributed by atoms with Gasteiger partial charge in [0.1, 0.15) is 30.2 Å². The van der Waals surface area contributed by atoms with Crippen LogP contribution in [0.25, 0.3) is 5.65 Å². The SMILES string of the molecule is O=C1CCCC2=C1[C@@H](c1ccco1)c1c(ncn3nc(COc4ccccc4)nc13)O2. The lowest BCUT2D eigenvalue weighted by Gasteiger charge is -2.30. The maximum Gasteiger partial charge on any atom is 0.228 e. The molecule has 1 aromatic carbocycles. The van der Waals surface area contributed by atoms with E-state index in [4.69, 9.17) is 18.9 Å². The maximum absolute atomic E-state index is 12.9. The summed E-state index contributed by atoms with van der Waals surface area (Å²) in [7, 11) is 0. The first-order valence-corrected chi connectivity index (χ1v) is 10.2. The molecule has 0 fully saturated rings. The minimum Gasteiger partial charge on any atom is -0.486 e. The zero-order chi connectivity index (χ0) is 20.8. The predicted molar refractivity (Wildman–Crippen MR) is 109 cm³/mol. The van der Waals surface area contributed by atoms with Gasteiger partial charge in [-0.2, -0.15) is 0 Å². The number of hydrogen-bond acceptors (Lipinski definition) is 7. The molecule has 1 atom stereocenters. The minimum atomic E-state index is -0.426. The lowest BCUT2D eigenvalue weighted by atomic mass is 9.80. The smallest absolute Gasteiger partial charge is 0.228 e. The molecule has 154 valence electrons. The van der Waals surface area contributed by atoms with Crippen LogP contribution >= 0.6 is 0 Å². The van der Waals surface area contributed by atoms with Crippen molar-refractivity contribution in [1.82, 2.24) is 19.6 Å². The first-order valence-electron chi connectivity index (χ1n) is 10.2. The highest BCUT2D eigenvalue weighted by molar-refractivity contribution is 5.99. The van der Waals surface area contributed by atoms with Crippen LogP contribution in [0.2, 0.25) is 0 Å². The first kappa shape index (κ1) is 17.9. The van der Waals surface area contributed by atoms with Crippen molar-refractivity contribution in [3.8, 4) is 11.6 Å². The monoisotopic (exact) mass is 414 g/mol. The Morgan fingerprint density at radius 2 is 2.03 bits per heavy atom. The lowest BCUT2D eigenvalue weighted by molar-refractivity contribution is -0.116. The number of ether oxygens (including phenoxy) is 2. The van der Waals surface area contributed by atoms with E-state index in [2.05, 4.69) is 10.1 Å². The Morgan fingerprint density at radius 3 is 2.87 bits per heavy atom. The molecule has 0 bridgehead atoms. The Kier molecular flexibility index (Phi) is 4.09. The number of carbonyl (C=O) groups excluding carboxylic acids is 1. The van der Waals surface area contributed by atoms with E-state index in [1.807, 2.05) is 42.5 Å². The molecule has 0 amide bonds. The number of benzene rings is 1. The zero-order valence-corrected chi connectivity index (χ0v) is 16.5. The van der Waals surface area contributed by atoms with E-state index in [1.165, 1.54) is 0 Å². The molecule has 1 aliphatic heterocycles. The van der Waals surface area contributed by atoms with Gasteiger partial charge in [-0.25, -0.2) is 14.5 Å². The van der Waals surface area contributed by atoms with E-state index < -0.39 is 5.92 Å². The van der Waals surface area contributed by atoms with Gasteiger partial charge in [-0.15, -0.1) is 5.10 Å². The normalized spacial score (nSPS) is 17.9. The third-order valence-corrected chi connectivity index (χ3v) is 5.58. The number of Topliss-reactive ketones (excluding diaryl/α,β-unsaturated/α-hetero) is 1. The largest absolute Gasteiger partial charge is 0.486 e. The van der Waals surface area contributed by atoms with Crippen LogP contribution in [-0.4, -0.2) is 25.4 Å². The van der Waals surface area contributed by atoms with Crippen LogP contribution in [0.3, 0.4) is 0 Å². The number of nitrogens with zero attached hydrogens (tertiary/aromatic N) is 4. The fourth-order valence-corrected chi connectivity index (χ4v) is 4.23. The van der Waals surface area contributed by atoms with Crippen molar-refractivity contribution in [2.24, 2.45) is 0 Å². The van der Waals surface area contributed by atoms with Crippen LogP contribution in [0.4, 0.5) is 0 Å². The average molecular weight is 414 g/mol. The second-order valence-corrected chi connectivity index (χ2v) is 7.53. The molecule has 8 nitrogen and oxygen atoms in total. The molecule has 8 heteroatoms. The van der Waals surface area contributed by atoms with Crippen LogP contribution < -0.4 is 9.47 Å². The summed E-state index contributed by atoms with van der Waals surface area (Å²) in [4.78, 5) is 22.0. The molecule has 0 unspecified atom stereocenters. The van der Waals surface area contributed by atoms with E-state index in [9.17, 15) is 4.79 Å². The van der Waals surface area contributed by atoms with Gasteiger partial charge in [0, 0.05) is 18.4 Å². The average Bonchev–Trinajstić information content (AvgIpc) is 3.47. The fourth-order valence-electron chi connectivity index (χ4n) is 4.23. The number of ketones is 1. The van der Waals surface area contributed by atoms with Crippen molar-refractivity contribution in [2.45, 2.75) is 31.8 Å². The van der Waals surface area contributed by atoms with E-state index in [1.54, 1.807) is 17.1 Å². The minimum absolute atomic E-state index is 0.0717. The van der Waals surface area contributed by atoms with Gasteiger partial charge in [0.05, 0.1) is 17.7 Å². The summed E-state index contributed by atoms with van der Waals surface area (Å²) >= 11 is 0. The Morgan fingerprint density at radius 1 is 1.13 bits per heavy atom. The zero-order valence-electron chi connectivity index (χ0n) is 16.5. The van der Waals surface area contributed by atoms with Crippen LogP contribution in [-0.2, 0) is 11.4 Å². The molecule has 2 aliphatic rings. The Hall–Kier alpha value is -3.94. The highest BCUT2D eigenvalue weighted by atomic mass is 16.5. The van der Waals surface area contributed by atoms with Crippen molar-refractivity contribution in [3.63, 3.8) is 0 Å². The number of carbonyl (C=O) groups is 1. The molecule has 0 saturated carbocycles. The highest BCUT2D eigenvalue weighted by Crippen LogP contribution is 2.47. The van der Waals surface area contributed by atoms with Crippen molar-refractivity contribution >= 4 is 11.4 Å². The predicted octanol–water partition coefficient (Wildman–Crippen LogP) is 3.83. The van der Waals surface area contributed by atoms with E-state index >= 15 is 0 Å². The number of rotatable bonds is 4. The van der Waals surface area contributed by atoms with E-state index in [-0.39, 0.29) is 12.4 Å². The summed E-state index contributed by atoms with van der Waals surface area (Å²) < 4.78 is 19.2. The summed E-state index contributed by atoms with van der Waals surface area (Å²) in [6, 6.07) is 13.2. The van der Waals surface area contributed by atoms with Gasteiger partial charge in [-0.1, -0.05) is 18.2 Å². The molecule has 4 aromatic rings. The molecular weight excluding hydrogens is 396 g/mol. The second-order valence-electron chi connectivity index (χ2n) is 7.53. The van der Waals surface area contributed by atoms with Crippen LogP contribution in [0.5, 0.6) is 11.6 Å². The summed E-state index contributed by atoms with van der Waals surface area (Å²) in [5.74, 6) is 2.66. The topological polar surface area (TPSA) is 91.8 Å². The molecule has 6 rings (SSSR count). The lowest BCUT2D eigenvalue weighted by Crippen LogP contribution is -2.26. The number of allylic oxidation sites excluding steroid dienone is 2. The number of fused-ring (bicyclic) bond motifs is 3. The third kappa shape index (κ3) is 2.99. The van der Waals surface area contributed by atoms with E-state index in [0.29, 0.717) is 52.8 Å². The molecule has 4 heterocycles. The van der Waals surface area contributed by atoms with Gasteiger partial charge in [-0.05, 0) is 30.7 Å². The van der Waals surface area contributed by atoms with Gasteiger partial charge >= 0.3 is 0 Å². The number of aromatic nitrogens is 4. The summed E-state index contributed by atoms with van der Waals surface area (Å²) in [5, 5.41) is 4.51. The Balaban J connectivity index is 1.46. The molecule has 0 N–H and O–H groups in total. The third-order valence-electron chi connectivity index (χ3n) is 5.58. The van der Waals surface area contributed by atoms with E-state index in [0.717, 1.165) is 12.2 Å². The summed E-state index contributed by atoms with van der Waals surface area (Å²) in [5.41, 5.74) is 1.89. The van der Waals surface area contributed by atoms with Crippen LogP contribution in [0.15, 0.2) is 70.8 Å². The fraction of sp³-hybridized carbons (Fsp3) is 0.217. The molecule has 3 aromatic heterocycles. The second kappa shape index (κ2) is 7.09. The van der Waals surface area contributed by atoms with Crippen molar-refractivity contribution < 1.29 is 18.7 Å². The van der Waals surface area contributed by atoms with Gasteiger partial charge in [0.15, 0.2) is 17.3 Å². The molecular formula is C23H18N4O4. The highest BCUT2D eigenvalue weighted by Gasteiger charge is 2.40. The molecule has 0 saturated heterocycles. The van der Waals surface area contributed by atoms with Crippen molar-refractivity contribution in [2.75, 3.05) is 0 Å². The molecule has 1 aliphatic carbocycles. The van der Waals surface area contributed by atoms with Gasteiger partial charge in [0.2, 0.25) is 5.88 Å². The number of hydrogen-bond donors (Lipinski definition) is 0. The number of para-hydroxylation sites is 1. The van der Waals surface area contributed by atoms with Crippen LogP contribution in [0, 0.1) is 0 Å². The maximum atomic E-state index is 12.9. The van der Waals surface area contributed by atoms with Crippen LogP contribution in [0.1, 0.15) is 42.3 Å².